The number of hydrogen-bond donors (Lipinski definition) is 0. The van der Waals surface area contributed by atoms with Crippen LogP contribution in [0.5, 0.6) is 0 Å². The van der Waals surface area contributed by atoms with Crippen molar-refractivity contribution in [2.45, 2.75) is 64.0 Å². The third-order valence-corrected chi connectivity index (χ3v) is 10.7. The fraction of sp³-hybridized carbons (Fsp3) is 0.458. The molecule has 0 spiro atoms. The summed E-state index contributed by atoms with van der Waals surface area (Å²) in [5, 5.41) is 2.65. The second-order valence-corrected chi connectivity index (χ2v) is 13.0. The van der Waals surface area contributed by atoms with Gasteiger partial charge < -0.3 is 9.16 Å². The molecule has 28 heavy (non-hydrogen) atoms. The van der Waals surface area contributed by atoms with Crippen molar-refractivity contribution in [3.63, 3.8) is 0 Å². The largest absolute Gasteiger partial charge is 0.462 e. The molecule has 0 aromatic heterocycles. The van der Waals surface area contributed by atoms with Gasteiger partial charge in [0.25, 0.3) is 8.32 Å². The Balaban J connectivity index is 1.76. The fourth-order valence-corrected chi connectivity index (χ4v) is 8.85. The highest BCUT2D eigenvalue weighted by Crippen LogP contribution is 2.36. The maximum absolute atomic E-state index is 11.3. The third-order valence-electron chi connectivity index (χ3n) is 5.62. The van der Waals surface area contributed by atoms with Crippen LogP contribution in [-0.2, 0) is 14.0 Å². The van der Waals surface area contributed by atoms with Gasteiger partial charge in [-0.1, -0.05) is 81.4 Å². The molecule has 0 unspecified atom stereocenters. The number of esters is 1. The lowest BCUT2D eigenvalue weighted by atomic mass is 10.1. The van der Waals surface area contributed by atoms with Crippen molar-refractivity contribution in [3.8, 4) is 0 Å². The number of carbonyl (C=O) groups is 1. The highest BCUT2D eigenvalue weighted by atomic mass is 28.4. The number of carbonyl (C=O) groups excluding carboxylic acids is 1. The average molecular weight is 397 g/mol. The van der Waals surface area contributed by atoms with Crippen LogP contribution in [0, 0.1) is 0 Å². The van der Waals surface area contributed by atoms with E-state index in [0.717, 1.165) is 32.3 Å². The minimum Gasteiger partial charge on any atom is -0.462 e. The zero-order chi connectivity index (χ0) is 20.0. The first-order chi connectivity index (χ1) is 13.4. The maximum atomic E-state index is 11.3. The van der Waals surface area contributed by atoms with Crippen LogP contribution in [0.2, 0.25) is 5.04 Å². The predicted octanol–water partition coefficient (Wildman–Crippen LogP) is 4.44. The number of cyclic esters (lactones) is 1. The summed E-state index contributed by atoms with van der Waals surface area (Å²) < 4.78 is 12.2. The van der Waals surface area contributed by atoms with Gasteiger partial charge in [-0.2, -0.15) is 0 Å². The molecule has 0 aliphatic carbocycles. The van der Waals surface area contributed by atoms with Crippen LogP contribution < -0.4 is 10.4 Å². The minimum atomic E-state index is -2.43. The van der Waals surface area contributed by atoms with Crippen molar-refractivity contribution in [2.75, 3.05) is 6.61 Å². The van der Waals surface area contributed by atoms with Gasteiger partial charge >= 0.3 is 5.97 Å². The molecule has 150 valence electrons. The Labute approximate surface area is 170 Å². The molecule has 2 aromatic carbocycles. The van der Waals surface area contributed by atoms with Gasteiger partial charge in [-0.05, 0) is 41.1 Å². The van der Waals surface area contributed by atoms with Crippen LogP contribution in [0.1, 0.15) is 52.9 Å². The number of benzene rings is 2. The summed E-state index contributed by atoms with van der Waals surface area (Å²) in [6, 6.07) is 21.5. The first-order valence-corrected chi connectivity index (χ1v) is 12.3. The van der Waals surface area contributed by atoms with Gasteiger partial charge in [0.1, 0.15) is 6.10 Å². The molecule has 3 rings (SSSR count). The molecule has 1 atom stereocenters. The van der Waals surface area contributed by atoms with E-state index in [1.807, 2.05) is 0 Å². The maximum Gasteiger partial charge on any atom is 0.306 e. The number of rotatable bonds is 8. The number of unbranched alkanes of at least 4 members (excludes halogenated alkanes) is 1. The quantitative estimate of drug-likeness (QED) is 0.376. The van der Waals surface area contributed by atoms with E-state index in [2.05, 4.69) is 81.4 Å². The monoisotopic (exact) mass is 396 g/mol. The zero-order valence-corrected chi connectivity index (χ0v) is 18.3. The molecule has 3 nitrogen and oxygen atoms in total. The molecule has 0 radical (unpaired) electrons. The Morgan fingerprint density at radius 1 is 0.964 bits per heavy atom. The normalized spacial score (nSPS) is 17.5. The number of ether oxygens (including phenoxy) is 1. The first-order valence-electron chi connectivity index (χ1n) is 10.4. The van der Waals surface area contributed by atoms with E-state index in [4.69, 9.17) is 9.16 Å². The van der Waals surface area contributed by atoms with Crippen LogP contribution >= 0.6 is 0 Å². The first kappa shape index (κ1) is 20.8. The van der Waals surface area contributed by atoms with Gasteiger partial charge in [0.2, 0.25) is 0 Å². The SMILES string of the molecule is CC(C)(C)[Si](OCCCC[C@H]1CCC(=O)O1)(c1ccccc1)c1ccccc1. The Morgan fingerprint density at radius 3 is 2.00 bits per heavy atom. The third kappa shape index (κ3) is 4.56. The lowest BCUT2D eigenvalue weighted by Crippen LogP contribution is -2.66. The zero-order valence-electron chi connectivity index (χ0n) is 17.3. The molecule has 1 fully saturated rings. The minimum absolute atomic E-state index is 0.0106. The van der Waals surface area contributed by atoms with Crippen molar-refractivity contribution < 1.29 is 14.0 Å². The van der Waals surface area contributed by atoms with Crippen molar-refractivity contribution in [3.05, 3.63) is 60.7 Å². The van der Waals surface area contributed by atoms with Crippen LogP contribution in [0.3, 0.4) is 0 Å². The molecular weight excluding hydrogens is 364 g/mol. The van der Waals surface area contributed by atoms with E-state index in [1.165, 1.54) is 10.4 Å². The van der Waals surface area contributed by atoms with Crippen molar-refractivity contribution in [2.24, 2.45) is 0 Å². The summed E-state index contributed by atoms with van der Waals surface area (Å²) >= 11 is 0. The summed E-state index contributed by atoms with van der Waals surface area (Å²) in [5.41, 5.74) is 0. The van der Waals surface area contributed by atoms with Gasteiger partial charge in [0.05, 0.1) is 0 Å². The molecule has 0 N–H and O–H groups in total. The molecule has 1 heterocycles. The Kier molecular flexibility index (Phi) is 6.73. The van der Waals surface area contributed by atoms with Crippen LogP contribution in [0.4, 0.5) is 0 Å². The summed E-state index contributed by atoms with van der Waals surface area (Å²) in [4.78, 5) is 11.3. The number of hydrogen-bond acceptors (Lipinski definition) is 3. The van der Waals surface area contributed by atoms with Crippen LogP contribution in [0.15, 0.2) is 60.7 Å². The highest BCUT2D eigenvalue weighted by molar-refractivity contribution is 6.99. The molecule has 1 aliphatic heterocycles. The van der Waals surface area contributed by atoms with E-state index < -0.39 is 8.32 Å². The highest BCUT2D eigenvalue weighted by Gasteiger charge is 2.49. The molecule has 1 saturated heterocycles. The smallest absolute Gasteiger partial charge is 0.306 e. The van der Waals surface area contributed by atoms with Gasteiger partial charge in [0, 0.05) is 13.0 Å². The van der Waals surface area contributed by atoms with Crippen molar-refractivity contribution in [1.29, 1.82) is 0 Å². The van der Waals surface area contributed by atoms with Gasteiger partial charge in [0.15, 0.2) is 0 Å². The summed E-state index contributed by atoms with van der Waals surface area (Å²) in [6.45, 7) is 7.64. The topological polar surface area (TPSA) is 35.5 Å². The van der Waals surface area contributed by atoms with E-state index in [9.17, 15) is 4.79 Å². The van der Waals surface area contributed by atoms with E-state index in [-0.39, 0.29) is 17.1 Å². The summed E-state index contributed by atoms with van der Waals surface area (Å²) in [7, 11) is -2.43. The lowest BCUT2D eigenvalue weighted by Gasteiger charge is -2.43. The van der Waals surface area contributed by atoms with E-state index in [0.29, 0.717) is 6.42 Å². The average Bonchev–Trinajstić information content (AvgIpc) is 3.10. The Morgan fingerprint density at radius 2 is 1.54 bits per heavy atom. The Bertz CT molecular complexity index is 713. The predicted molar refractivity (Wildman–Crippen MR) is 117 cm³/mol. The lowest BCUT2D eigenvalue weighted by molar-refractivity contribution is -0.141. The molecule has 4 heteroatoms. The van der Waals surface area contributed by atoms with E-state index in [1.54, 1.807) is 0 Å². The molecule has 0 bridgehead atoms. The van der Waals surface area contributed by atoms with Crippen molar-refractivity contribution >= 4 is 24.7 Å². The second kappa shape index (κ2) is 9.06. The van der Waals surface area contributed by atoms with Gasteiger partial charge in [-0.15, -0.1) is 0 Å². The summed E-state index contributed by atoms with van der Waals surface area (Å²) in [6.07, 6.45) is 4.50. The standard InChI is InChI=1S/C24H32O3Si/c1-24(2,3)28(21-13-6-4-7-14-21,22-15-8-5-9-16-22)26-19-11-10-12-20-17-18-23(25)27-20/h4-9,13-16,20H,10-12,17-19H2,1-3H3/t20-/m0/s1. The Hall–Kier alpha value is -1.91. The molecule has 2 aromatic rings. The van der Waals surface area contributed by atoms with Gasteiger partial charge in [-0.3, -0.25) is 4.79 Å². The van der Waals surface area contributed by atoms with Gasteiger partial charge in [-0.25, -0.2) is 0 Å². The second-order valence-electron chi connectivity index (χ2n) is 8.66. The van der Waals surface area contributed by atoms with Crippen molar-refractivity contribution in [1.82, 2.24) is 0 Å². The summed E-state index contributed by atoms with van der Waals surface area (Å²) in [5.74, 6) is -0.0476. The molecule has 0 amide bonds. The molecule has 1 aliphatic rings. The van der Waals surface area contributed by atoms with Crippen LogP contribution in [-0.4, -0.2) is 27.0 Å². The molecule has 0 saturated carbocycles. The van der Waals surface area contributed by atoms with Crippen LogP contribution in [0.25, 0.3) is 0 Å². The fourth-order valence-electron chi connectivity index (χ4n) is 4.25. The molecular formula is C24H32O3Si. The van der Waals surface area contributed by atoms with E-state index >= 15 is 0 Å².